The smallest absolute Gasteiger partial charge is 0.411 e. The third kappa shape index (κ3) is 6.21. The van der Waals surface area contributed by atoms with E-state index in [2.05, 4.69) is 10.3 Å². The maximum Gasteiger partial charge on any atom is 0.411 e. The number of nitrogens with zero attached hydrogens (tertiary/aromatic N) is 2. The zero-order valence-electron chi connectivity index (χ0n) is 18.4. The summed E-state index contributed by atoms with van der Waals surface area (Å²) in [5.41, 5.74) is -0.169. The highest BCUT2D eigenvalue weighted by atomic mass is 19.3. The number of aromatic nitrogens is 1. The number of amides is 2. The Morgan fingerprint density at radius 2 is 1.91 bits per heavy atom. The van der Waals surface area contributed by atoms with Gasteiger partial charge in [0.15, 0.2) is 0 Å². The van der Waals surface area contributed by atoms with Crippen molar-refractivity contribution in [3.05, 3.63) is 53.6 Å². The van der Waals surface area contributed by atoms with Crippen LogP contribution >= 0.6 is 0 Å². The Hall–Kier alpha value is -3.17. The van der Waals surface area contributed by atoms with Gasteiger partial charge in [-0.25, -0.2) is 22.4 Å². The van der Waals surface area contributed by atoms with Crippen molar-refractivity contribution in [1.82, 2.24) is 15.2 Å². The van der Waals surface area contributed by atoms with Gasteiger partial charge in [0.05, 0.1) is 25.0 Å². The quantitative estimate of drug-likeness (QED) is 0.642. The van der Waals surface area contributed by atoms with Gasteiger partial charge in [0.2, 0.25) is 5.91 Å². The van der Waals surface area contributed by atoms with E-state index in [0.29, 0.717) is 11.3 Å². The van der Waals surface area contributed by atoms with Gasteiger partial charge in [-0.1, -0.05) is 24.3 Å². The number of hydrogen-bond acceptors (Lipinski definition) is 4. The summed E-state index contributed by atoms with van der Waals surface area (Å²) >= 11 is 0. The number of alkyl halides is 3. The van der Waals surface area contributed by atoms with Gasteiger partial charge >= 0.3 is 6.09 Å². The fraction of sp³-hybridized carbons (Fsp3) is 0.435. The molecule has 2 heterocycles. The van der Waals surface area contributed by atoms with E-state index in [0.717, 1.165) is 11.1 Å². The Bertz CT molecular complexity index is 1010. The SMILES string of the molecule is CC(C)(C)OC(=O)N1CC(F)CC1C(=O)NCc1cc(-c2ccc(C(F)F)cc2)c(F)cn1. The number of likely N-dealkylation sites (tertiary alicyclic amines) is 1. The highest BCUT2D eigenvalue weighted by Gasteiger charge is 2.41. The molecule has 0 radical (unpaired) electrons. The first-order chi connectivity index (χ1) is 15.4. The monoisotopic (exact) mass is 467 g/mol. The van der Waals surface area contributed by atoms with E-state index in [4.69, 9.17) is 4.74 Å². The summed E-state index contributed by atoms with van der Waals surface area (Å²) in [4.78, 5) is 30.0. The van der Waals surface area contributed by atoms with Gasteiger partial charge in [-0.2, -0.15) is 0 Å². The lowest BCUT2D eigenvalue weighted by atomic mass is 10.0. The average Bonchev–Trinajstić information content (AvgIpc) is 3.14. The highest BCUT2D eigenvalue weighted by molar-refractivity contribution is 5.86. The molecular weight excluding hydrogens is 442 g/mol. The normalized spacial score (nSPS) is 18.5. The van der Waals surface area contributed by atoms with Gasteiger partial charge in [-0.05, 0) is 32.4 Å². The Morgan fingerprint density at radius 3 is 2.52 bits per heavy atom. The van der Waals surface area contributed by atoms with Crippen LogP contribution in [0.25, 0.3) is 11.1 Å². The predicted molar refractivity (Wildman–Crippen MR) is 113 cm³/mol. The molecule has 2 amide bonds. The van der Waals surface area contributed by atoms with E-state index in [9.17, 15) is 27.2 Å². The molecule has 33 heavy (non-hydrogen) atoms. The van der Waals surface area contributed by atoms with Crippen molar-refractivity contribution in [2.45, 2.75) is 58.0 Å². The van der Waals surface area contributed by atoms with Crippen molar-refractivity contribution >= 4 is 12.0 Å². The molecule has 0 bridgehead atoms. The summed E-state index contributed by atoms with van der Waals surface area (Å²) < 4.78 is 59.0. The van der Waals surface area contributed by atoms with Gasteiger partial charge < -0.3 is 10.1 Å². The number of carbonyl (C=O) groups excluding carboxylic acids is 2. The largest absolute Gasteiger partial charge is 0.444 e. The van der Waals surface area contributed by atoms with Crippen LogP contribution in [-0.2, 0) is 16.1 Å². The summed E-state index contributed by atoms with van der Waals surface area (Å²) in [5, 5.41) is 2.59. The van der Waals surface area contributed by atoms with E-state index < -0.39 is 42.1 Å². The maximum absolute atomic E-state index is 14.3. The molecule has 2 aromatic rings. The topological polar surface area (TPSA) is 71.5 Å². The molecule has 0 aliphatic carbocycles. The number of pyridine rings is 1. The van der Waals surface area contributed by atoms with E-state index in [1.807, 2.05) is 0 Å². The molecular formula is C23H25F4N3O3. The van der Waals surface area contributed by atoms with Gasteiger partial charge in [-0.3, -0.25) is 14.7 Å². The molecule has 2 unspecified atom stereocenters. The molecule has 6 nitrogen and oxygen atoms in total. The second kappa shape index (κ2) is 9.76. The molecule has 1 N–H and O–H groups in total. The van der Waals surface area contributed by atoms with Crippen LogP contribution in [0.3, 0.4) is 0 Å². The molecule has 3 rings (SSSR count). The van der Waals surface area contributed by atoms with Crippen LogP contribution in [-0.4, -0.2) is 46.2 Å². The molecule has 1 fully saturated rings. The van der Waals surface area contributed by atoms with Crippen LogP contribution in [0.5, 0.6) is 0 Å². The fourth-order valence-electron chi connectivity index (χ4n) is 3.46. The highest BCUT2D eigenvalue weighted by Crippen LogP contribution is 2.27. The van der Waals surface area contributed by atoms with Crippen molar-refractivity contribution in [2.24, 2.45) is 0 Å². The van der Waals surface area contributed by atoms with E-state index in [-0.39, 0.29) is 30.6 Å². The van der Waals surface area contributed by atoms with Gasteiger partial charge in [0.1, 0.15) is 23.6 Å². The number of benzene rings is 1. The first-order valence-electron chi connectivity index (χ1n) is 10.4. The molecule has 178 valence electrons. The number of rotatable bonds is 5. The van der Waals surface area contributed by atoms with Crippen LogP contribution in [0.4, 0.5) is 22.4 Å². The lowest BCUT2D eigenvalue weighted by Gasteiger charge is -2.27. The number of carbonyl (C=O) groups is 2. The summed E-state index contributed by atoms with van der Waals surface area (Å²) in [6, 6.07) is 5.52. The molecule has 1 aromatic heterocycles. The summed E-state index contributed by atoms with van der Waals surface area (Å²) in [7, 11) is 0. The second-order valence-corrected chi connectivity index (χ2v) is 8.78. The number of halogens is 4. The zero-order chi connectivity index (χ0) is 24.3. The molecule has 1 aliphatic heterocycles. The molecule has 1 aromatic carbocycles. The van der Waals surface area contributed by atoms with Gasteiger partial charge in [0.25, 0.3) is 6.43 Å². The first kappa shape index (κ1) is 24.5. The van der Waals surface area contributed by atoms with Gasteiger partial charge in [-0.15, -0.1) is 0 Å². The molecule has 10 heteroatoms. The third-order valence-corrected chi connectivity index (χ3v) is 5.01. The van der Waals surface area contributed by atoms with Crippen molar-refractivity contribution in [1.29, 1.82) is 0 Å². The lowest BCUT2D eigenvalue weighted by Crippen LogP contribution is -2.47. The number of ether oxygens (including phenoxy) is 1. The standard InChI is InChI=1S/C23H25F4N3O3/c1-23(2,3)33-22(32)30-12-15(24)8-19(30)21(31)29-10-16-9-17(18(25)11-28-16)13-4-6-14(7-5-13)20(26)27/h4-7,9,11,15,19-20H,8,10,12H2,1-3H3,(H,29,31). The van der Waals surface area contributed by atoms with Crippen molar-refractivity contribution in [3.8, 4) is 11.1 Å². The Labute approximate surface area is 188 Å². The van der Waals surface area contributed by atoms with E-state index in [1.54, 1.807) is 20.8 Å². The van der Waals surface area contributed by atoms with Crippen molar-refractivity contribution < 1.29 is 31.9 Å². The lowest BCUT2D eigenvalue weighted by molar-refractivity contribution is -0.125. The molecule has 0 saturated carbocycles. The van der Waals surface area contributed by atoms with E-state index >= 15 is 0 Å². The van der Waals surface area contributed by atoms with Crippen LogP contribution in [0.2, 0.25) is 0 Å². The molecule has 2 atom stereocenters. The maximum atomic E-state index is 14.3. The minimum Gasteiger partial charge on any atom is -0.444 e. The Kier molecular flexibility index (Phi) is 7.24. The Morgan fingerprint density at radius 1 is 1.24 bits per heavy atom. The minimum absolute atomic E-state index is 0.100. The van der Waals surface area contributed by atoms with Crippen LogP contribution in [0, 0.1) is 5.82 Å². The average molecular weight is 467 g/mol. The molecule has 1 saturated heterocycles. The van der Waals surface area contributed by atoms with Crippen LogP contribution in [0.1, 0.15) is 44.9 Å². The predicted octanol–water partition coefficient (Wildman–Crippen LogP) is 4.79. The van der Waals surface area contributed by atoms with Crippen LogP contribution < -0.4 is 5.32 Å². The molecule has 0 spiro atoms. The van der Waals surface area contributed by atoms with Crippen molar-refractivity contribution in [2.75, 3.05) is 6.54 Å². The number of hydrogen-bond donors (Lipinski definition) is 1. The first-order valence-corrected chi connectivity index (χ1v) is 10.4. The summed E-state index contributed by atoms with van der Waals surface area (Å²) in [6.45, 7) is 4.66. The van der Waals surface area contributed by atoms with Gasteiger partial charge in [0, 0.05) is 17.5 Å². The third-order valence-electron chi connectivity index (χ3n) is 5.01. The summed E-state index contributed by atoms with van der Waals surface area (Å²) in [6.07, 6.45) is -3.97. The summed E-state index contributed by atoms with van der Waals surface area (Å²) in [5.74, 6) is -1.24. The Balaban J connectivity index is 1.69. The second-order valence-electron chi connectivity index (χ2n) is 8.78. The molecule has 1 aliphatic rings. The fourth-order valence-corrected chi connectivity index (χ4v) is 3.46. The van der Waals surface area contributed by atoms with Crippen molar-refractivity contribution in [3.63, 3.8) is 0 Å². The zero-order valence-corrected chi connectivity index (χ0v) is 18.4. The minimum atomic E-state index is -2.63. The van der Waals surface area contributed by atoms with E-state index in [1.165, 1.54) is 30.3 Å². The van der Waals surface area contributed by atoms with Crippen LogP contribution in [0.15, 0.2) is 36.5 Å². The number of nitrogens with one attached hydrogen (secondary N) is 1.